The molecule has 4 aromatic rings. The number of hydrogen-bond acceptors (Lipinski definition) is 5. The molecule has 3 aromatic heterocycles. The zero-order valence-electron chi connectivity index (χ0n) is 15.6. The molecule has 140 valence electrons. The molecule has 4 heterocycles. The minimum atomic E-state index is -0.00993. The van der Waals surface area contributed by atoms with Gasteiger partial charge in [0, 0.05) is 24.4 Å². The summed E-state index contributed by atoms with van der Waals surface area (Å²) in [7, 11) is 0. The number of aromatic nitrogens is 5. The fourth-order valence-electron chi connectivity index (χ4n) is 3.84. The zero-order chi connectivity index (χ0) is 19.1. The van der Waals surface area contributed by atoms with Crippen LogP contribution in [0.1, 0.15) is 40.8 Å². The van der Waals surface area contributed by atoms with Gasteiger partial charge in [-0.15, -0.1) is 10.2 Å². The van der Waals surface area contributed by atoms with E-state index < -0.39 is 0 Å². The topological polar surface area (TPSA) is 76.3 Å². The van der Waals surface area contributed by atoms with Crippen LogP contribution in [0.25, 0.3) is 16.6 Å². The smallest absolute Gasteiger partial charge is 0.272 e. The number of rotatable bonds is 2. The number of piperidine rings is 1. The van der Waals surface area contributed by atoms with E-state index in [-0.39, 0.29) is 11.8 Å². The Kier molecular flexibility index (Phi) is 4.00. The molecule has 7 nitrogen and oxygen atoms in total. The first-order chi connectivity index (χ1) is 13.7. The van der Waals surface area contributed by atoms with Gasteiger partial charge < -0.3 is 4.90 Å². The highest BCUT2D eigenvalue weighted by atomic mass is 16.2. The summed E-state index contributed by atoms with van der Waals surface area (Å²) in [5.41, 5.74) is 3.05. The maximum Gasteiger partial charge on any atom is 0.272 e. The van der Waals surface area contributed by atoms with E-state index in [1.165, 1.54) is 0 Å². The predicted octanol–water partition coefficient (Wildman–Crippen LogP) is 3.00. The molecule has 1 fully saturated rings. The zero-order valence-corrected chi connectivity index (χ0v) is 15.6. The third-order valence-corrected chi connectivity index (χ3v) is 5.39. The quantitative estimate of drug-likeness (QED) is 0.541. The van der Waals surface area contributed by atoms with E-state index in [1.807, 2.05) is 64.9 Å². The van der Waals surface area contributed by atoms with Crippen molar-refractivity contribution >= 4 is 22.5 Å². The lowest BCUT2D eigenvalue weighted by molar-refractivity contribution is 0.0705. The van der Waals surface area contributed by atoms with Gasteiger partial charge in [-0.1, -0.05) is 24.3 Å². The number of para-hydroxylation sites is 1. The molecular weight excluding hydrogens is 352 g/mol. The Labute approximate surface area is 162 Å². The summed E-state index contributed by atoms with van der Waals surface area (Å²) >= 11 is 0. The first kappa shape index (κ1) is 16.8. The van der Waals surface area contributed by atoms with Crippen LogP contribution in [0.15, 0.2) is 48.5 Å². The molecule has 0 unspecified atom stereocenters. The van der Waals surface area contributed by atoms with Gasteiger partial charge in [0.25, 0.3) is 5.91 Å². The van der Waals surface area contributed by atoms with E-state index >= 15 is 0 Å². The van der Waals surface area contributed by atoms with E-state index in [2.05, 4.69) is 20.3 Å². The molecule has 7 heteroatoms. The number of nitrogens with zero attached hydrogens (tertiary/aromatic N) is 6. The van der Waals surface area contributed by atoms with Crippen LogP contribution < -0.4 is 0 Å². The largest absolute Gasteiger partial charge is 0.337 e. The Morgan fingerprint density at radius 3 is 2.68 bits per heavy atom. The van der Waals surface area contributed by atoms with E-state index in [1.54, 1.807) is 0 Å². The highest BCUT2D eigenvalue weighted by Gasteiger charge is 2.28. The highest BCUT2D eigenvalue weighted by molar-refractivity contribution is 5.95. The van der Waals surface area contributed by atoms with Crippen LogP contribution in [0.5, 0.6) is 0 Å². The Morgan fingerprint density at radius 2 is 1.82 bits per heavy atom. The van der Waals surface area contributed by atoms with Gasteiger partial charge in [-0.3, -0.25) is 4.79 Å². The molecule has 0 atom stereocenters. The second-order valence-corrected chi connectivity index (χ2v) is 7.26. The lowest BCUT2D eigenvalue weighted by Gasteiger charge is -2.30. The number of amides is 1. The van der Waals surface area contributed by atoms with Gasteiger partial charge >= 0.3 is 0 Å². The lowest BCUT2D eigenvalue weighted by atomic mass is 9.96. The monoisotopic (exact) mass is 372 g/mol. The molecule has 0 bridgehead atoms. The molecule has 0 aliphatic carbocycles. The second-order valence-electron chi connectivity index (χ2n) is 7.26. The second kappa shape index (κ2) is 6.67. The Morgan fingerprint density at radius 1 is 1.00 bits per heavy atom. The van der Waals surface area contributed by atoms with Crippen LogP contribution in [0, 0.1) is 6.92 Å². The SMILES string of the molecule is Cc1ccc2nnc(C3CCN(C(=O)c4ccc5ccccc5n4)CC3)n2n1. The van der Waals surface area contributed by atoms with Crippen molar-refractivity contribution in [3.8, 4) is 0 Å². The third kappa shape index (κ3) is 2.89. The van der Waals surface area contributed by atoms with Crippen LogP contribution in [-0.4, -0.2) is 48.7 Å². The van der Waals surface area contributed by atoms with Crippen molar-refractivity contribution in [2.45, 2.75) is 25.7 Å². The van der Waals surface area contributed by atoms with Crippen molar-refractivity contribution in [2.24, 2.45) is 0 Å². The fourth-order valence-corrected chi connectivity index (χ4v) is 3.84. The number of benzene rings is 1. The van der Waals surface area contributed by atoms with E-state index in [4.69, 9.17) is 0 Å². The standard InChI is InChI=1S/C21H20N6O/c1-14-6-9-19-23-24-20(27(19)25-14)16-10-12-26(13-11-16)21(28)18-8-7-15-4-2-3-5-17(15)22-18/h2-9,16H,10-13H2,1H3. The van der Waals surface area contributed by atoms with Crippen LogP contribution in [-0.2, 0) is 0 Å². The van der Waals surface area contributed by atoms with Crippen molar-refractivity contribution in [1.29, 1.82) is 0 Å². The number of likely N-dealkylation sites (tertiary alicyclic amines) is 1. The average Bonchev–Trinajstić information content (AvgIpc) is 3.16. The number of fused-ring (bicyclic) bond motifs is 2. The summed E-state index contributed by atoms with van der Waals surface area (Å²) in [5, 5.41) is 14.2. The number of hydrogen-bond donors (Lipinski definition) is 0. The molecule has 1 saturated heterocycles. The molecular formula is C21H20N6O. The van der Waals surface area contributed by atoms with Crippen molar-refractivity contribution in [2.75, 3.05) is 13.1 Å². The molecule has 0 spiro atoms. The summed E-state index contributed by atoms with van der Waals surface area (Å²) in [6.07, 6.45) is 1.69. The molecule has 0 radical (unpaired) electrons. The molecule has 28 heavy (non-hydrogen) atoms. The fraction of sp³-hybridized carbons (Fsp3) is 0.286. The van der Waals surface area contributed by atoms with Crippen LogP contribution in [0.2, 0.25) is 0 Å². The van der Waals surface area contributed by atoms with Gasteiger partial charge in [-0.25, -0.2) is 4.98 Å². The van der Waals surface area contributed by atoms with Gasteiger partial charge in [-0.2, -0.15) is 9.61 Å². The van der Waals surface area contributed by atoms with Gasteiger partial charge in [0.15, 0.2) is 11.5 Å². The minimum Gasteiger partial charge on any atom is -0.337 e. The average molecular weight is 372 g/mol. The molecule has 1 aromatic carbocycles. The van der Waals surface area contributed by atoms with E-state index in [0.717, 1.165) is 40.9 Å². The van der Waals surface area contributed by atoms with Crippen LogP contribution in [0.4, 0.5) is 0 Å². The van der Waals surface area contributed by atoms with Gasteiger partial charge in [0.2, 0.25) is 0 Å². The summed E-state index contributed by atoms with van der Waals surface area (Å²) in [6, 6.07) is 15.5. The van der Waals surface area contributed by atoms with Crippen molar-refractivity contribution < 1.29 is 4.79 Å². The Bertz CT molecular complexity index is 1180. The van der Waals surface area contributed by atoms with Gasteiger partial charge in [-0.05, 0) is 44.0 Å². The maximum absolute atomic E-state index is 12.9. The normalized spacial score (nSPS) is 15.4. The first-order valence-electron chi connectivity index (χ1n) is 9.53. The highest BCUT2D eigenvalue weighted by Crippen LogP contribution is 2.27. The summed E-state index contributed by atoms with van der Waals surface area (Å²) in [6.45, 7) is 3.32. The van der Waals surface area contributed by atoms with Crippen molar-refractivity contribution in [3.63, 3.8) is 0 Å². The predicted molar refractivity (Wildman–Crippen MR) is 105 cm³/mol. The summed E-state index contributed by atoms with van der Waals surface area (Å²) < 4.78 is 1.84. The van der Waals surface area contributed by atoms with Gasteiger partial charge in [0.05, 0.1) is 11.2 Å². The van der Waals surface area contributed by atoms with Crippen LogP contribution in [0.3, 0.4) is 0 Å². The minimum absolute atomic E-state index is 0.00993. The third-order valence-electron chi connectivity index (χ3n) is 5.39. The number of carbonyl (C=O) groups excluding carboxylic acids is 1. The Balaban J connectivity index is 1.33. The van der Waals surface area contributed by atoms with Crippen molar-refractivity contribution in [3.05, 3.63) is 65.7 Å². The lowest BCUT2D eigenvalue weighted by Crippen LogP contribution is -2.38. The van der Waals surface area contributed by atoms with Gasteiger partial charge in [0.1, 0.15) is 5.69 Å². The van der Waals surface area contributed by atoms with E-state index in [9.17, 15) is 4.79 Å². The summed E-state index contributed by atoms with van der Waals surface area (Å²) in [4.78, 5) is 19.3. The first-order valence-corrected chi connectivity index (χ1v) is 9.53. The maximum atomic E-state index is 12.9. The molecule has 1 aliphatic rings. The molecule has 0 saturated carbocycles. The number of carbonyl (C=O) groups is 1. The molecule has 0 N–H and O–H groups in total. The molecule has 1 amide bonds. The summed E-state index contributed by atoms with van der Waals surface area (Å²) in [5.74, 6) is 1.12. The molecule has 1 aliphatic heterocycles. The number of aryl methyl sites for hydroxylation is 1. The molecule has 5 rings (SSSR count). The van der Waals surface area contributed by atoms with Crippen LogP contribution >= 0.6 is 0 Å². The van der Waals surface area contributed by atoms with Crippen molar-refractivity contribution in [1.82, 2.24) is 29.7 Å². The Hall–Kier alpha value is -3.35. The number of pyridine rings is 1. The van der Waals surface area contributed by atoms with E-state index in [0.29, 0.717) is 18.8 Å².